The number of piperidine rings is 1. The molecular formula is C22H22N2O2. The molecule has 1 saturated heterocycles. The van der Waals surface area contributed by atoms with E-state index in [1.54, 1.807) is 0 Å². The van der Waals surface area contributed by atoms with E-state index in [0.717, 1.165) is 31.5 Å². The number of oxime groups is 1. The summed E-state index contributed by atoms with van der Waals surface area (Å²) in [5, 5.41) is 4.00. The molecule has 0 spiro atoms. The zero-order valence-corrected chi connectivity index (χ0v) is 14.9. The molecule has 0 bridgehead atoms. The SMILES string of the molecule is Cc1ccc(C2=NOC(=O)/C2=C\N2CCC(c3ccccc3)CC2)cc1. The minimum Gasteiger partial charge on any atom is -0.377 e. The molecule has 4 nitrogen and oxygen atoms in total. The summed E-state index contributed by atoms with van der Waals surface area (Å²) in [7, 11) is 0. The van der Waals surface area contributed by atoms with Gasteiger partial charge in [0.15, 0.2) is 0 Å². The van der Waals surface area contributed by atoms with Crippen LogP contribution in [0.2, 0.25) is 0 Å². The molecule has 4 rings (SSSR count). The number of carbonyl (C=O) groups is 1. The number of nitrogens with zero attached hydrogens (tertiary/aromatic N) is 2. The zero-order valence-electron chi connectivity index (χ0n) is 14.9. The largest absolute Gasteiger partial charge is 0.377 e. The van der Waals surface area contributed by atoms with E-state index in [1.165, 1.54) is 11.1 Å². The van der Waals surface area contributed by atoms with Gasteiger partial charge in [-0.05, 0) is 31.2 Å². The predicted molar refractivity (Wildman–Crippen MR) is 102 cm³/mol. The van der Waals surface area contributed by atoms with Gasteiger partial charge in [0, 0.05) is 24.9 Å². The van der Waals surface area contributed by atoms with Crippen LogP contribution in [0.5, 0.6) is 0 Å². The van der Waals surface area contributed by atoms with Gasteiger partial charge in [0.1, 0.15) is 11.3 Å². The lowest BCUT2D eigenvalue weighted by molar-refractivity contribution is -0.136. The summed E-state index contributed by atoms with van der Waals surface area (Å²) in [5.74, 6) is 0.220. The highest BCUT2D eigenvalue weighted by molar-refractivity contribution is 6.28. The van der Waals surface area contributed by atoms with Crippen molar-refractivity contribution in [1.29, 1.82) is 0 Å². The van der Waals surface area contributed by atoms with Gasteiger partial charge < -0.3 is 9.74 Å². The molecule has 4 heteroatoms. The third-order valence-corrected chi connectivity index (χ3v) is 5.13. The van der Waals surface area contributed by atoms with E-state index >= 15 is 0 Å². The molecule has 0 aromatic heterocycles. The van der Waals surface area contributed by atoms with Crippen LogP contribution in [-0.4, -0.2) is 29.7 Å². The van der Waals surface area contributed by atoms with Gasteiger partial charge in [0.05, 0.1) is 0 Å². The van der Waals surface area contributed by atoms with E-state index in [1.807, 2.05) is 37.4 Å². The maximum absolute atomic E-state index is 12.2. The molecule has 2 heterocycles. The predicted octanol–water partition coefficient (Wildman–Crippen LogP) is 4.02. The lowest BCUT2D eigenvalue weighted by Gasteiger charge is -2.31. The van der Waals surface area contributed by atoms with Crippen molar-refractivity contribution in [2.24, 2.45) is 5.16 Å². The molecule has 0 aliphatic carbocycles. The van der Waals surface area contributed by atoms with Crippen LogP contribution in [0.1, 0.15) is 35.4 Å². The second-order valence-electron chi connectivity index (χ2n) is 6.95. The minimum absolute atomic E-state index is 0.370. The smallest absolute Gasteiger partial charge is 0.369 e. The van der Waals surface area contributed by atoms with Crippen molar-refractivity contribution < 1.29 is 9.63 Å². The molecule has 0 atom stereocenters. The van der Waals surface area contributed by atoms with Crippen molar-refractivity contribution in [3.8, 4) is 0 Å². The van der Waals surface area contributed by atoms with Gasteiger partial charge in [0.2, 0.25) is 0 Å². The van der Waals surface area contributed by atoms with Crippen LogP contribution in [0.4, 0.5) is 0 Å². The Labute approximate surface area is 153 Å². The van der Waals surface area contributed by atoms with Crippen LogP contribution in [-0.2, 0) is 9.63 Å². The molecule has 2 aromatic rings. The number of hydrogen-bond donors (Lipinski definition) is 0. The molecule has 0 saturated carbocycles. The molecular weight excluding hydrogens is 324 g/mol. The highest BCUT2D eigenvalue weighted by atomic mass is 16.7. The van der Waals surface area contributed by atoms with Crippen molar-refractivity contribution in [1.82, 2.24) is 4.90 Å². The standard InChI is InChI=1S/C22H22N2O2/c1-16-7-9-19(10-8-16)21-20(22(25)26-23-21)15-24-13-11-18(12-14-24)17-5-3-2-4-6-17/h2-10,15,18H,11-14H2,1H3/b20-15-. The highest BCUT2D eigenvalue weighted by Gasteiger charge is 2.28. The Morgan fingerprint density at radius 1 is 1.04 bits per heavy atom. The summed E-state index contributed by atoms with van der Waals surface area (Å²) in [6, 6.07) is 18.7. The molecule has 0 unspecified atom stereocenters. The van der Waals surface area contributed by atoms with Gasteiger partial charge in [0.25, 0.3) is 0 Å². The van der Waals surface area contributed by atoms with Crippen molar-refractivity contribution in [2.45, 2.75) is 25.7 Å². The number of rotatable bonds is 3. The summed E-state index contributed by atoms with van der Waals surface area (Å²) in [5.41, 5.74) is 4.66. The zero-order chi connectivity index (χ0) is 17.9. The van der Waals surface area contributed by atoms with Gasteiger partial charge in [-0.2, -0.15) is 0 Å². The maximum atomic E-state index is 12.2. The molecule has 26 heavy (non-hydrogen) atoms. The van der Waals surface area contributed by atoms with Crippen LogP contribution in [0.3, 0.4) is 0 Å². The van der Waals surface area contributed by atoms with E-state index in [0.29, 0.717) is 17.2 Å². The fraction of sp³-hybridized carbons (Fsp3) is 0.273. The van der Waals surface area contributed by atoms with Crippen LogP contribution in [0.15, 0.2) is 71.5 Å². The maximum Gasteiger partial charge on any atom is 0.369 e. The average molecular weight is 346 g/mol. The van der Waals surface area contributed by atoms with Gasteiger partial charge in [-0.1, -0.05) is 65.3 Å². The first-order chi connectivity index (χ1) is 12.7. The van der Waals surface area contributed by atoms with Gasteiger partial charge in [-0.25, -0.2) is 4.79 Å². The molecule has 2 aliphatic heterocycles. The van der Waals surface area contributed by atoms with E-state index in [-0.39, 0.29) is 5.97 Å². The van der Waals surface area contributed by atoms with Gasteiger partial charge in [-0.3, -0.25) is 0 Å². The average Bonchev–Trinajstić information content (AvgIpc) is 3.04. The second-order valence-corrected chi connectivity index (χ2v) is 6.95. The van der Waals surface area contributed by atoms with E-state index in [2.05, 4.69) is 40.4 Å². The Balaban J connectivity index is 1.48. The van der Waals surface area contributed by atoms with Crippen LogP contribution in [0.25, 0.3) is 0 Å². The summed E-state index contributed by atoms with van der Waals surface area (Å²) >= 11 is 0. The lowest BCUT2D eigenvalue weighted by atomic mass is 9.89. The van der Waals surface area contributed by atoms with E-state index in [4.69, 9.17) is 4.84 Å². The molecule has 0 amide bonds. The van der Waals surface area contributed by atoms with Gasteiger partial charge >= 0.3 is 5.97 Å². The van der Waals surface area contributed by atoms with Crippen molar-refractivity contribution in [3.63, 3.8) is 0 Å². The molecule has 132 valence electrons. The molecule has 0 radical (unpaired) electrons. The number of hydrogen-bond acceptors (Lipinski definition) is 4. The van der Waals surface area contributed by atoms with Gasteiger partial charge in [-0.15, -0.1) is 0 Å². The Hall–Kier alpha value is -2.88. The Kier molecular flexibility index (Phi) is 4.57. The number of aryl methyl sites for hydroxylation is 1. The first-order valence-electron chi connectivity index (χ1n) is 9.08. The molecule has 2 aromatic carbocycles. The number of likely N-dealkylation sites (tertiary alicyclic amines) is 1. The Morgan fingerprint density at radius 3 is 2.42 bits per heavy atom. The summed E-state index contributed by atoms with van der Waals surface area (Å²) < 4.78 is 0. The second kappa shape index (κ2) is 7.16. The third-order valence-electron chi connectivity index (χ3n) is 5.13. The third kappa shape index (κ3) is 3.40. The van der Waals surface area contributed by atoms with E-state index in [9.17, 15) is 4.79 Å². The van der Waals surface area contributed by atoms with Crippen LogP contribution >= 0.6 is 0 Å². The molecule has 2 aliphatic rings. The molecule has 1 fully saturated rings. The fourth-order valence-corrected chi connectivity index (χ4v) is 3.59. The topological polar surface area (TPSA) is 41.9 Å². The van der Waals surface area contributed by atoms with Crippen LogP contribution < -0.4 is 0 Å². The number of carbonyl (C=O) groups excluding carboxylic acids is 1. The van der Waals surface area contributed by atoms with Crippen LogP contribution in [0, 0.1) is 6.92 Å². The van der Waals surface area contributed by atoms with Crippen molar-refractivity contribution in [3.05, 3.63) is 83.1 Å². The molecule has 0 N–H and O–H groups in total. The summed E-state index contributed by atoms with van der Waals surface area (Å²) in [6.07, 6.45) is 4.09. The monoisotopic (exact) mass is 346 g/mol. The first kappa shape index (κ1) is 16.6. The summed E-state index contributed by atoms with van der Waals surface area (Å²) in [4.78, 5) is 19.3. The first-order valence-corrected chi connectivity index (χ1v) is 9.08. The quantitative estimate of drug-likeness (QED) is 0.623. The summed E-state index contributed by atoms with van der Waals surface area (Å²) in [6.45, 7) is 3.89. The Morgan fingerprint density at radius 2 is 1.73 bits per heavy atom. The van der Waals surface area contributed by atoms with E-state index < -0.39 is 0 Å². The fourth-order valence-electron chi connectivity index (χ4n) is 3.59. The van der Waals surface area contributed by atoms with Crippen molar-refractivity contribution in [2.75, 3.05) is 13.1 Å². The lowest BCUT2D eigenvalue weighted by Crippen LogP contribution is -2.30. The normalized spacial score (nSPS) is 19.6. The number of benzene rings is 2. The Bertz CT molecular complexity index is 845. The minimum atomic E-state index is -0.370. The van der Waals surface area contributed by atoms with Crippen molar-refractivity contribution >= 4 is 11.7 Å². The highest BCUT2D eigenvalue weighted by Crippen LogP contribution is 2.29.